The third-order valence-corrected chi connectivity index (χ3v) is 17.5. The van der Waals surface area contributed by atoms with E-state index < -0.39 is 132 Å². The van der Waals surface area contributed by atoms with Crippen molar-refractivity contribution >= 4 is 101 Å². The van der Waals surface area contributed by atoms with Gasteiger partial charge in [0.2, 0.25) is 47.3 Å². The van der Waals surface area contributed by atoms with Gasteiger partial charge in [0.15, 0.2) is 0 Å². The minimum absolute atomic E-state index is 0.0518. The Labute approximate surface area is 591 Å². The lowest BCUT2D eigenvalue weighted by Gasteiger charge is -2.31. The Kier molecular flexibility index (Phi) is 35.8. The third kappa shape index (κ3) is 28.8. The van der Waals surface area contributed by atoms with Crippen LogP contribution in [0.4, 0.5) is 0 Å². The second-order valence-corrected chi connectivity index (χ2v) is 25.5. The van der Waals surface area contributed by atoms with Crippen molar-refractivity contribution in [2.45, 2.75) is 126 Å². The van der Waals surface area contributed by atoms with Crippen LogP contribution in [-0.2, 0) is 72.0 Å². The highest BCUT2D eigenvalue weighted by Crippen LogP contribution is 2.20. The van der Waals surface area contributed by atoms with E-state index in [1.165, 1.54) is 13.8 Å². The number of rotatable bonds is 38. The number of aliphatic carboxylic acids is 3. The number of para-hydroxylation sites is 1. The summed E-state index contributed by atoms with van der Waals surface area (Å²) in [5, 5.41) is 81.4. The lowest BCUT2D eigenvalue weighted by Crippen LogP contribution is -2.62. The van der Waals surface area contributed by atoms with Gasteiger partial charge < -0.3 is 83.9 Å². The first kappa shape index (κ1) is 82.4. The van der Waals surface area contributed by atoms with Crippen LogP contribution >= 0.6 is 25.3 Å². The van der Waals surface area contributed by atoms with Crippen molar-refractivity contribution in [1.82, 2.24) is 67.1 Å². The van der Waals surface area contributed by atoms with E-state index in [4.69, 9.17) is 5.73 Å². The lowest BCUT2D eigenvalue weighted by molar-refractivity contribution is -0.140. The molecule has 10 atom stereocenters. The smallest absolute Gasteiger partial charge is 0.317 e. The maximum Gasteiger partial charge on any atom is 0.317 e. The van der Waals surface area contributed by atoms with E-state index in [0.29, 0.717) is 53.4 Å². The molecular weight excluding hydrogens is 1340 g/mol. The number of carboxylic acids is 3. The summed E-state index contributed by atoms with van der Waals surface area (Å²) in [6.45, 7) is 2.76. The molecule has 1 aliphatic rings. The van der Waals surface area contributed by atoms with E-state index in [1.54, 1.807) is 111 Å². The minimum Gasteiger partial charge on any atom is -0.480 e. The van der Waals surface area contributed by atoms with Crippen molar-refractivity contribution in [2.75, 3.05) is 103 Å². The Morgan fingerprint density at radius 2 is 0.870 bits per heavy atom. The van der Waals surface area contributed by atoms with Crippen LogP contribution < -0.4 is 48.3 Å². The monoisotopic (exact) mass is 1430 g/mol. The largest absolute Gasteiger partial charge is 0.480 e. The molecule has 0 spiro atoms. The molecule has 0 bridgehead atoms. The minimum atomic E-state index is -1.71. The predicted octanol–water partition coefficient (Wildman–Crippen LogP) is -2.93. The van der Waals surface area contributed by atoms with Crippen molar-refractivity contribution in [3.8, 4) is 0 Å². The molecule has 0 unspecified atom stereocenters. The van der Waals surface area contributed by atoms with E-state index in [0.717, 1.165) is 0 Å². The van der Waals surface area contributed by atoms with Crippen LogP contribution in [0.3, 0.4) is 0 Å². The number of aromatic nitrogens is 1. The Bertz CT molecular complexity index is 3300. The summed E-state index contributed by atoms with van der Waals surface area (Å²) in [5.41, 5.74) is 8.30. The second-order valence-electron chi connectivity index (χ2n) is 24.8. The van der Waals surface area contributed by atoms with Gasteiger partial charge in [-0.15, -0.1) is 0 Å². The van der Waals surface area contributed by atoms with E-state index in [-0.39, 0.29) is 122 Å². The molecule has 2 heterocycles. The number of carbonyl (C=O) groups excluding carboxylic acids is 8. The van der Waals surface area contributed by atoms with Gasteiger partial charge in [0.05, 0.1) is 51.0 Å². The number of nitrogens with zero attached hydrogens (tertiary/aromatic N) is 4. The molecule has 3 aromatic carbocycles. The zero-order chi connectivity index (χ0) is 73.3. The molecule has 550 valence electrons. The third-order valence-electron chi connectivity index (χ3n) is 16.8. The molecule has 1 fully saturated rings. The van der Waals surface area contributed by atoms with E-state index in [9.17, 15) is 78.6 Å². The first-order valence-electron chi connectivity index (χ1n) is 33.3. The number of hydrogen-bond donors (Lipinski definition) is 18. The van der Waals surface area contributed by atoms with Crippen LogP contribution in [-0.4, -0.2) is 284 Å². The van der Waals surface area contributed by atoms with Crippen molar-refractivity contribution < 1.29 is 83.4 Å². The number of amides is 8. The average Bonchev–Trinajstić information content (AvgIpc) is 1.60. The van der Waals surface area contributed by atoms with Crippen molar-refractivity contribution in [3.05, 3.63) is 108 Å². The molecule has 8 amide bonds. The summed E-state index contributed by atoms with van der Waals surface area (Å²) >= 11 is 8.62. The molecule has 17 N–H and O–H groups in total. The molecule has 100 heavy (non-hydrogen) atoms. The number of thiol groups is 2. The highest BCUT2D eigenvalue weighted by Gasteiger charge is 2.37. The number of hydrogen-bond acceptors (Lipinski definition) is 21. The van der Waals surface area contributed by atoms with Crippen molar-refractivity contribution in [2.24, 2.45) is 5.73 Å². The molecule has 5 rings (SSSR count). The van der Waals surface area contributed by atoms with Gasteiger partial charge in [0.1, 0.15) is 42.3 Å². The summed E-state index contributed by atoms with van der Waals surface area (Å²) in [6.07, 6.45) is -0.133. The van der Waals surface area contributed by atoms with E-state index >= 15 is 4.79 Å². The first-order valence-corrected chi connectivity index (χ1v) is 34.6. The van der Waals surface area contributed by atoms with Crippen molar-refractivity contribution in [1.29, 1.82) is 0 Å². The fourth-order valence-corrected chi connectivity index (χ4v) is 11.8. The number of nitrogens with two attached hydrogens (primary N) is 1. The predicted molar refractivity (Wildman–Crippen MR) is 377 cm³/mol. The average molecular weight is 1440 g/mol. The maximum atomic E-state index is 15.1. The number of aliphatic hydroxyl groups excluding tert-OH is 3. The van der Waals surface area contributed by atoms with Gasteiger partial charge in [0.25, 0.3) is 0 Å². The Morgan fingerprint density at radius 3 is 1.32 bits per heavy atom. The number of aromatic amines is 1. The molecule has 4 aromatic rings. The summed E-state index contributed by atoms with van der Waals surface area (Å²) in [7, 11) is 0. The Hall–Kier alpha value is -8.25. The zero-order valence-corrected chi connectivity index (χ0v) is 58.1. The molecule has 33 heteroatoms. The zero-order valence-electron chi connectivity index (χ0n) is 56.3. The molecule has 0 saturated carbocycles. The lowest BCUT2D eigenvalue weighted by atomic mass is 10.0. The Balaban J connectivity index is 1.40. The number of aliphatic hydroxyl groups is 3. The highest BCUT2D eigenvalue weighted by atomic mass is 32.1. The van der Waals surface area contributed by atoms with E-state index in [2.05, 4.69) is 72.8 Å². The van der Waals surface area contributed by atoms with Gasteiger partial charge in [0, 0.05) is 93.7 Å². The molecule has 0 radical (unpaired) electrons. The molecule has 1 saturated heterocycles. The number of benzene rings is 3. The van der Waals surface area contributed by atoms with Crippen LogP contribution in [0.25, 0.3) is 10.9 Å². The summed E-state index contributed by atoms with van der Waals surface area (Å²) in [4.78, 5) is 160. The van der Waals surface area contributed by atoms with Crippen LogP contribution in [0.2, 0.25) is 0 Å². The topological polar surface area (TPSA) is 460 Å². The molecule has 0 aliphatic carbocycles. The van der Waals surface area contributed by atoms with Gasteiger partial charge >= 0.3 is 17.9 Å². The van der Waals surface area contributed by atoms with Crippen molar-refractivity contribution in [3.63, 3.8) is 0 Å². The fraction of sp³-hybridized carbons (Fsp3) is 0.537. The summed E-state index contributed by atoms with van der Waals surface area (Å²) in [5.74, 6) is -10.7. The molecule has 1 aliphatic heterocycles. The van der Waals surface area contributed by atoms with Crippen LogP contribution in [0.1, 0.15) is 62.6 Å². The number of carbonyl (C=O) groups is 11. The SMILES string of the molecule is C[C@@H](O)[C@H](NC(=O)[C@H](CCCCN)NC(=O)[C@@H](Cc1c[nH]c2ccccc12)NC(=O)[C@H](Cc1ccccc1)NC(=O)[C@H](CS)NC(=O)[C@@H](Cc1ccccc1)NC(=O)CN1CCCN(CC(=O)O)CCN(CC(=O)O)CCCN(CC(=O)O)CC1)C(=O)N[C@@H](CS)C(=O)N[C@H](CO)[C@@H](C)O. The number of unbranched alkanes of at least 4 members (excludes halogenated alkanes) is 1. The fourth-order valence-electron chi connectivity index (χ4n) is 11.3. The quantitative estimate of drug-likeness (QED) is 0.0158. The number of nitrogens with one attached hydrogen (secondary N) is 9. The van der Waals surface area contributed by atoms with Gasteiger partial charge in [-0.2, -0.15) is 25.3 Å². The standard InChI is InChI=1S/C67H98N14O17S2/c1-42(83)53(39-82)74-66(97)55(41-100)76-67(98)60(43(2)84)77-61(92)49(21-11-12-22-68)71-64(95)52(33-46-34-69-48-20-10-9-19-47(46)48)73-63(94)51(32-45-17-7-4-8-18-45)72-65(96)54(40-99)75-62(93)50(31-44-15-5-3-6-16-44)70-56(85)35-78-23-13-24-80(37-58(88)89)29-30-81(38-59(90)91)26-14-25-79(28-27-78)36-57(86)87/h3-10,15-20,34,42-43,49-55,60,69,82-84,99-100H,11-14,21-33,35-41,68H2,1-2H3,(H,70,85)(H,71,95)(H,72,96)(H,73,94)(H,74,97)(H,75,93)(H,76,98)(H,77,92)(H,86,87)(H,88,89)(H,90,91)/t42-,43-,49+,50-,51+,52-,53-,54+,55+,60+/m1/s1. The van der Waals surface area contributed by atoms with Crippen LogP contribution in [0.15, 0.2) is 91.1 Å². The summed E-state index contributed by atoms with van der Waals surface area (Å²) in [6, 6.07) is 13.2. The second kappa shape index (κ2) is 43.4. The van der Waals surface area contributed by atoms with Gasteiger partial charge in [-0.05, 0) is 81.8 Å². The van der Waals surface area contributed by atoms with Gasteiger partial charge in [-0.1, -0.05) is 78.9 Å². The number of H-pyrrole nitrogens is 1. The molecule has 31 nitrogen and oxygen atoms in total. The van der Waals surface area contributed by atoms with Gasteiger partial charge in [-0.25, -0.2) is 0 Å². The van der Waals surface area contributed by atoms with Gasteiger partial charge in [-0.3, -0.25) is 72.3 Å². The maximum absolute atomic E-state index is 15.1. The number of carboxylic acid groups (broad SMARTS) is 3. The molecular formula is C67H98N14O17S2. The Morgan fingerprint density at radius 1 is 0.470 bits per heavy atom. The summed E-state index contributed by atoms with van der Waals surface area (Å²) < 4.78 is 0. The number of fused-ring (bicyclic) bond motifs is 1. The van der Waals surface area contributed by atoms with E-state index in [1.807, 2.05) is 0 Å². The van der Waals surface area contributed by atoms with Crippen LogP contribution in [0, 0.1) is 0 Å². The van der Waals surface area contributed by atoms with Crippen LogP contribution in [0.5, 0.6) is 0 Å². The normalized spacial score (nSPS) is 17.0. The highest BCUT2D eigenvalue weighted by molar-refractivity contribution is 7.80. The molecule has 1 aromatic heterocycles. The first-order chi connectivity index (χ1) is 47.8.